The van der Waals surface area contributed by atoms with Gasteiger partial charge in [-0.25, -0.2) is 0 Å². The molecule has 0 spiro atoms. The van der Waals surface area contributed by atoms with E-state index in [1.165, 1.54) is 0 Å². The monoisotopic (exact) mass is 376 g/mol. The van der Waals surface area contributed by atoms with Crippen molar-refractivity contribution in [1.82, 2.24) is 15.0 Å². The van der Waals surface area contributed by atoms with Gasteiger partial charge in [0, 0.05) is 30.1 Å². The number of amides is 1. The van der Waals surface area contributed by atoms with Crippen LogP contribution >= 0.6 is 11.6 Å². The van der Waals surface area contributed by atoms with Gasteiger partial charge in [0.05, 0.1) is 5.92 Å². The summed E-state index contributed by atoms with van der Waals surface area (Å²) in [5.74, 6) is 1.44. The van der Waals surface area contributed by atoms with Crippen LogP contribution in [-0.4, -0.2) is 40.6 Å². The van der Waals surface area contributed by atoms with E-state index in [4.69, 9.17) is 21.9 Å². The fourth-order valence-corrected chi connectivity index (χ4v) is 3.50. The van der Waals surface area contributed by atoms with Gasteiger partial charge in [-0.3, -0.25) is 4.79 Å². The minimum atomic E-state index is 0.0946. The predicted octanol–water partition coefficient (Wildman–Crippen LogP) is 3.62. The van der Waals surface area contributed by atoms with Crippen molar-refractivity contribution in [1.29, 1.82) is 0 Å². The van der Waals surface area contributed by atoms with Crippen molar-refractivity contribution in [2.24, 2.45) is 5.73 Å². The van der Waals surface area contributed by atoms with E-state index in [1.807, 2.05) is 29.2 Å². The van der Waals surface area contributed by atoms with Crippen LogP contribution in [0.25, 0.3) is 11.4 Å². The Morgan fingerprint density at radius 3 is 3.04 bits per heavy atom. The van der Waals surface area contributed by atoms with Gasteiger partial charge in [-0.15, -0.1) is 0 Å². The average Bonchev–Trinajstić information content (AvgIpc) is 3.15. The maximum atomic E-state index is 12.4. The smallest absolute Gasteiger partial charge is 0.231 e. The molecule has 0 bridgehead atoms. The Labute approximate surface area is 158 Å². The molecule has 1 aromatic heterocycles. The molecule has 1 atom stereocenters. The first-order chi connectivity index (χ1) is 12.7. The number of aromatic nitrogens is 2. The van der Waals surface area contributed by atoms with E-state index in [2.05, 4.69) is 10.1 Å². The van der Waals surface area contributed by atoms with E-state index in [1.54, 1.807) is 0 Å². The Kier molecular flexibility index (Phi) is 6.63. The minimum absolute atomic E-state index is 0.0946. The molecule has 1 fully saturated rings. The van der Waals surface area contributed by atoms with Crippen LogP contribution in [0.3, 0.4) is 0 Å². The fraction of sp³-hybridized carbons (Fsp3) is 0.526. The predicted molar refractivity (Wildman–Crippen MR) is 101 cm³/mol. The van der Waals surface area contributed by atoms with Crippen LogP contribution in [-0.2, 0) is 4.79 Å². The highest BCUT2D eigenvalue weighted by atomic mass is 35.5. The molecule has 0 aliphatic carbocycles. The molecule has 0 unspecified atom stereocenters. The van der Waals surface area contributed by atoms with Gasteiger partial charge in [0.1, 0.15) is 0 Å². The number of nitrogens with two attached hydrogens (primary N) is 1. The third kappa shape index (κ3) is 4.83. The first-order valence-corrected chi connectivity index (χ1v) is 9.62. The second-order valence-electron chi connectivity index (χ2n) is 6.74. The molecule has 140 valence electrons. The zero-order valence-corrected chi connectivity index (χ0v) is 15.6. The largest absolute Gasteiger partial charge is 0.342 e. The third-order valence-electron chi connectivity index (χ3n) is 4.74. The number of hydrogen-bond acceptors (Lipinski definition) is 5. The summed E-state index contributed by atoms with van der Waals surface area (Å²) in [6.07, 6.45) is 5.37. The molecule has 0 saturated carbocycles. The van der Waals surface area contributed by atoms with Gasteiger partial charge < -0.3 is 15.2 Å². The van der Waals surface area contributed by atoms with Crippen LogP contribution in [0.15, 0.2) is 28.8 Å². The summed E-state index contributed by atoms with van der Waals surface area (Å²) in [4.78, 5) is 18.9. The Hall–Kier alpha value is -1.92. The van der Waals surface area contributed by atoms with Crippen LogP contribution in [0.2, 0.25) is 5.02 Å². The topological polar surface area (TPSA) is 85.3 Å². The van der Waals surface area contributed by atoms with Crippen molar-refractivity contribution in [3.05, 3.63) is 35.2 Å². The highest BCUT2D eigenvalue weighted by Crippen LogP contribution is 2.28. The highest BCUT2D eigenvalue weighted by molar-refractivity contribution is 6.30. The van der Waals surface area contributed by atoms with E-state index in [-0.39, 0.29) is 11.8 Å². The van der Waals surface area contributed by atoms with Crippen molar-refractivity contribution >= 4 is 17.5 Å². The number of halogens is 1. The Morgan fingerprint density at radius 1 is 1.35 bits per heavy atom. The van der Waals surface area contributed by atoms with Gasteiger partial charge in [0.2, 0.25) is 17.6 Å². The lowest BCUT2D eigenvalue weighted by Crippen LogP contribution is -2.39. The molecule has 3 rings (SSSR count). The number of rotatable bonds is 7. The number of benzene rings is 1. The number of piperidine rings is 1. The SMILES string of the molecule is NCCCCCC(=O)N1CCC[C@@H](c2nc(-c3cccc(Cl)c3)no2)C1. The van der Waals surface area contributed by atoms with Gasteiger partial charge in [0.15, 0.2) is 0 Å². The van der Waals surface area contributed by atoms with Crippen LogP contribution in [0.4, 0.5) is 0 Å². The standard InChI is InChI=1S/C19H25ClN4O2/c20-16-8-4-6-14(12-16)18-22-19(26-23-18)15-7-5-11-24(13-15)17(25)9-2-1-3-10-21/h4,6,8,12,15H,1-3,5,7,9-11,13,21H2/t15-/m1/s1. The lowest BCUT2D eigenvalue weighted by atomic mass is 9.97. The van der Waals surface area contributed by atoms with E-state index < -0.39 is 0 Å². The number of carbonyl (C=O) groups is 1. The Bertz CT molecular complexity index is 734. The van der Waals surface area contributed by atoms with Crippen LogP contribution in [0.1, 0.15) is 50.3 Å². The molecule has 6 nitrogen and oxygen atoms in total. The summed E-state index contributed by atoms with van der Waals surface area (Å²) in [6, 6.07) is 7.39. The first-order valence-electron chi connectivity index (χ1n) is 9.25. The van der Waals surface area contributed by atoms with Crippen molar-refractivity contribution in [2.75, 3.05) is 19.6 Å². The molecule has 1 aliphatic heterocycles. The van der Waals surface area contributed by atoms with Crippen molar-refractivity contribution in [2.45, 2.75) is 44.4 Å². The van der Waals surface area contributed by atoms with Crippen molar-refractivity contribution in [3.63, 3.8) is 0 Å². The van der Waals surface area contributed by atoms with Crippen LogP contribution in [0, 0.1) is 0 Å². The van der Waals surface area contributed by atoms with Crippen molar-refractivity contribution in [3.8, 4) is 11.4 Å². The molecular weight excluding hydrogens is 352 g/mol. The van der Waals surface area contributed by atoms with Crippen LogP contribution in [0.5, 0.6) is 0 Å². The molecular formula is C19H25ClN4O2. The zero-order chi connectivity index (χ0) is 18.4. The third-order valence-corrected chi connectivity index (χ3v) is 4.98. The summed E-state index contributed by atoms with van der Waals surface area (Å²) in [7, 11) is 0. The molecule has 1 amide bonds. The van der Waals surface area contributed by atoms with E-state index in [9.17, 15) is 4.79 Å². The lowest BCUT2D eigenvalue weighted by Gasteiger charge is -2.31. The van der Waals surface area contributed by atoms with Crippen molar-refractivity contribution < 1.29 is 9.32 Å². The molecule has 2 aromatic rings. The molecule has 1 aliphatic rings. The molecule has 2 heterocycles. The Balaban J connectivity index is 1.60. The summed E-state index contributed by atoms with van der Waals surface area (Å²) in [5, 5.41) is 4.72. The quantitative estimate of drug-likeness (QED) is 0.746. The molecule has 26 heavy (non-hydrogen) atoms. The minimum Gasteiger partial charge on any atom is -0.342 e. The van der Waals surface area contributed by atoms with Gasteiger partial charge in [-0.05, 0) is 44.4 Å². The second kappa shape index (κ2) is 9.14. The number of unbranched alkanes of at least 4 members (excludes halogenated alkanes) is 2. The van der Waals surface area contributed by atoms with E-state index >= 15 is 0 Å². The normalized spacial score (nSPS) is 17.5. The van der Waals surface area contributed by atoms with Gasteiger partial charge in [-0.1, -0.05) is 35.3 Å². The van der Waals surface area contributed by atoms with E-state index in [0.717, 1.165) is 44.2 Å². The fourth-order valence-electron chi connectivity index (χ4n) is 3.31. The zero-order valence-electron chi connectivity index (χ0n) is 14.9. The average molecular weight is 377 g/mol. The van der Waals surface area contributed by atoms with Gasteiger partial charge in [-0.2, -0.15) is 4.98 Å². The number of nitrogens with zero attached hydrogens (tertiary/aromatic N) is 3. The summed E-state index contributed by atoms with van der Waals surface area (Å²) in [5.41, 5.74) is 6.33. The molecule has 2 N–H and O–H groups in total. The van der Waals surface area contributed by atoms with E-state index in [0.29, 0.717) is 36.2 Å². The lowest BCUT2D eigenvalue weighted by molar-refractivity contribution is -0.132. The summed E-state index contributed by atoms with van der Waals surface area (Å²) < 4.78 is 5.48. The molecule has 7 heteroatoms. The summed E-state index contributed by atoms with van der Waals surface area (Å²) >= 11 is 6.03. The maximum Gasteiger partial charge on any atom is 0.231 e. The first kappa shape index (κ1) is 18.9. The second-order valence-corrected chi connectivity index (χ2v) is 7.18. The van der Waals surface area contributed by atoms with Crippen LogP contribution < -0.4 is 5.73 Å². The van der Waals surface area contributed by atoms with Gasteiger partial charge >= 0.3 is 0 Å². The molecule has 1 saturated heterocycles. The van der Waals surface area contributed by atoms with Gasteiger partial charge in [0.25, 0.3) is 0 Å². The Morgan fingerprint density at radius 2 is 2.23 bits per heavy atom. The number of carbonyl (C=O) groups excluding carboxylic acids is 1. The molecule has 0 radical (unpaired) electrons. The number of likely N-dealkylation sites (tertiary alicyclic amines) is 1. The maximum absolute atomic E-state index is 12.4. The highest BCUT2D eigenvalue weighted by Gasteiger charge is 2.28. The summed E-state index contributed by atoms with van der Waals surface area (Å²) in [6.45, 7) is 2.14. The number of hydrogen-bond donors (Lipinski definition) is 1. The molecule has 1 aromatic carbocycles.